The van der Waals surface area contributed by atoms with Crippen LogP contribution in [-0.2, 0) is 0 Å². The Bertz CT molecular complexity index is 275. The molecule has 58 valence electrons. The molecule has 1 rings (SSSR count). The second-order valence-electron chi connectivity index (χ2n) is 1.96. The fourth-order valence-electron chi connectivity index (χ4n) is 0.783. The van der Waals surface area contributed by atoms with E-state index < -0.39 is 0 Å². The van der Waals surface area contributed by atoms with E-state index in [1.54, 1.807) is 18.2 Å². The van der Waals surface area contributed by atoms with Crippen LogP contribution in [0.3, 0.4) is 0 Å². The van der Waals surface area contributed by atoms with Gasteiger partial charge in [-0.05, 0) is 12.1 Å². The summed E-state index contributed by atoms with van der Waals surface area (Å²) >= 11 is 5.68. The molecule has 3 N–H and O–H groups in total. The highest BCUT2D eigenvalue weighted by molar-refractivity contribution is 6.33. The SMILES string of the molecule is NNc1cccc(Cl)c1C=O. The highest BCUT2D eigenvalue weighted by Gasteiger charge is 2.02. The van der Waals surface area contributed by atoms with Gasteiger partial charge in [0.1, 0.15) is 0 Å². The van der Waals surface area contributed by atoms with Crippen molar-refractivity contribution in [2.45, 2.75) is 0 Å². The Balaban J connectivity index is 3.24. The molecule has 0 radical (unpaired) electrons. The molecule has 0 aliphatic rings. The third kappa shape index (κ3) is 1.50. The number of carbonyl (C=O) groups is 1. The number of nitrogens with one attached hydrogen (secondary N) is 1. The van der Waals surface area contributed by atoms with Crippen LogP contribution in [0.15, 0.2) is 18.2 Å². The average Bonchev–Trinajstić information content (AvgIpc) is 2.04. The fraction of sp³-hybridized carbons (Fsp3) is 0. The van der Waals surface area contributed by atoms with Gasteiger partial charge in [-0.2, -0.15) is 0 Å². The summed E-state index contributed by atoms with van der Waals surface area (Å²) in [5, 5.41) is 0.399. The topological polar surface area (TPSA) is 55.1 Å². The van der Waals surface area contributed by atoms with E-state index >= 15 is 0 Å². The zero-order valence-corrected chi connectivity index (χ0v) is 6.43. The molecule has 0 saturated carbocycles. The molecule has 0 aliphatic heterocycles. The number of aldehydes is 1. The Morgan fingerprint density at radius 2 is 2.27 bits per heavy atom. The van der Waals surface area contributed by atoms with E-state index in [0.717, 1.165) is 0 Å². The summed E-state index contributed by atoms with van der Waals surface area (Å²) in [6.07, 6.45) is 0.664. The normalized spacial score (nSPS) is 9.27. The molecule has 11 heavy (non-hydrogen) atoms. The smallest absolute Gasteiger partial charge is 0.153 e. The number of halogens is 1. The van der Waals surface area contributed by atoms with Crippen LogP contribution in [0.2, 0.25) is 5.02 Å². The summed E-state index contributed by atoms with van der Waals surface area (Å²) in [5.41, 5.74) is 3.29. The van der Waals surface area contributed by atoms with E-state index in [9.17, 15) is 4.79 Å². The van der Waals surface area contributed by atoms with Crippen LogP contribution in [0, 0.1) is 0 Å². The van der Waals surface area contributed by atoms with Crippen molar-refractivity contribution >= 4 is 23.6 Å². The Kier molecular flexibility index (Phi) is 2.46. The van der Waals surface area contributed by atoms with Crippen LogP contribution in [0.1, 0.15) is 10.4 Å². The molecule has 1 aromatic carbocycles. The minimum absolute atomic E-state index is 0.386. The first-order chi connectivity index (χ1) is 5.29. The molecule has 1 aromatic rings. The van der Waals surface area contributed by atoms with E-state index in [2.05, 4.69) is 5.43 Å². The van der Waals surface area contributed by atoms with Gasteiger partial charge in [-0.15, -0.1) is 0 Å². The van der Waals surface area contributed by atoms with E-state index in [1.807, 2.05) is 0 Å². The molecule has 0 spiro atoms. The molecule has 3 nitrogen and oxygen atoms in total. The van der Waals surface area contributed by atoms with Crippen LogP contribution in [0.4, 0.5) is 5.69 Å². The van der Waals surface area contributed by atoms with Gasteiger partial charge in [-0.25, -0.2) is 0 Å². The maximum Gasteiger partial charge on any atom is 0.153 e. The fourth-order valence-corrected chi connectivity index (χ4v) is 1.00. The van der Waals surface area contributed by atoms with E-state index in [-0.39, 0.29) is 0 Å². The first-order valence-corrected chi connectivity index (χ1v) is 3.37. The minimum Gasteiger partial charge on any atom is -0.323 e. The van der Waals surface area contributed by atoms with Crippen molar-refractivity contribution in [2.75, 3.05) is 5.43 Å². The lowest BCUT2D eigenvalue weighted by Crippen LogP contribution is -2.08. The Morgan fingerprint density at radius 3 is 2.73 bits per heavy atom. The summed E-state index contributed by atoms with van der Waals surface area (Å²) in [6.45, 7) is 0. The molecule has 0 atom stereocenters. The van der Waals surface area contributed by atoms with Gasteiger partial charge in [0, 0.05) is 0 Å². The van der Waals surface area contributed by atoms with Gasteiger partial charge in [0.25, 0.3) is 0 Å². The molecule has 0 fully saturated rings. The predicted molar refractivity (Wildman–Crippen MR) is 44.6 cm³/mol. The molecule has 0 amide bonds. The highest BCUT2D eigenvalue weighted by Crippen LogP contribution is 2.20. The van der Waals surface area contributed by atoms with Crippen molar-refractivity contribution in [2.24, 2.45) is 5.84 Å². The van der Waals surface area contributed by atoms with E-state index in [0.29, 0.717) is 22.6 Å². The highest BCUT2D eigenvalue weighted by atomic mass is 35.5. The zero-order valence-electron chi connectivity index (χ0n) is 5.67. The second kappa shape index (κ2) is 3.37. The summed E-state index contributed by atoms with van der Waals surface area (Å²) in [5.74, 6) is 5.13. The number of nitrogen functional groups attached to an aromatic ring is 1. The summed E-state index contributed by atoms with van der Waals surface area (Å²) in [7, 11) is 0. The van der Waals surface area contributed by atoms with Crippen molar-refractivity contribution < 1.29 is 4.79 Å². The number of carbonyl (C=O) groups excluding carboxylic acids is 1. The van der Waals surface area contributed by atoms with Gasteiger partial charge < -0.3 is 5.43 Å². The van der Waals surface area contributed by atoms with E-state index in [1.165, 1.54) is 0 Å². The van der Waals surface area contributed by atoms with Crippen molar-refractivity contribution in [3.8, 4) is 0 Å². The molecule has 0 aromatic heterocycles. The van der Waals surface area contributed by atoms with Crippen LogP contribution in [0.5, 0.6) is 0 Å². The van der Waals surface area contributed by atoms with Gasteiger partial charge in [0.15, 0.2) is 6.29 Å². The number of hydrogen-bond acceptors (Lipinski definition) is 3. The lowest BCUT2D eigenvalue weighted by Gasteiger charge is -2.03. The summed E-state index contributed by atoms with van der Waals surface area (Å²) in [6, 6.07) is 5.02. The van der Waals surface area contributed by atoms with Crippen LogP contribution < -0.4 is 11.3 Å². The summed E-state index contributed by atoms with van der Waals surface area (Å²) < 4.78 is 0. The quantitative estimate of drug-likeness (QED) is 0.401. The van der Waals surface area contributed by atoms with Crippen LogP contribution in [-0.4, -0.2) is 6.29 Å². The number of hydrogen-bond donors (Lipinski definition) is 2. The predicted octanol–water partition coefficient (Wildman–Crippen LogP) is 1.44. The number of anilines is 1. The van der Waals surface area contributed by atoms with Gasteiger partial charge in [-0.3, -0.25) is 10.6 Å². The number of nitrogens with two attached hydrogens (primary N) is 1. The minimum atomic E-state index is 0.386. The molecule has 0 bridgehead atoms. The largest absolute Gasteiger partial charge is 0.323 e. The van der Waals surface area contributed by atoms with Crippen molar-refractivity contribution in [3.63, 3.8) is 0 Å². The molecule has 4 heteroatoms. The Labute approximate surface area is 69.1 Å². The lowest BCUT2D eigenvalue weighted by molar-refractivity contribution is 0.112. The van der Waals surface area contributed by atoms with Crippen LogP contribution in [0.25, 0.3) is 0 Å². The zero-order chi connectivity index (χ0) is 8.27. The van der Waals surface area contributed by atoms with Gasteiger partial charge in [-0.1, -0.05) is 17.7 Å². The summed E-state index contributed by atoms with van der Waals surface area (Å²) in [4.78, 5) is 10.4. The first-order valence-electron chi connectivity index (χ1n) is 3.00. The Hall–Kier alpha value is -1.06. The standard InChI is InChI=1S/C7H7ClN2O/c8-6-2-1-3-7(10-9)5(6)4-11/h1-4,10H,9H2. The second-order valence-corrected chi connectivity index (χ2v) is 2.37. The maximum absolute atomic E-state index is 10.4. The van der Waals surface area contributed by atoms with Gasteiger partial charge in [0.05, 0.1) is 16.3 Å². The molecular weight excluding hydrogens is 164 g/mol. The maximum atomic E-state index is 10.4. The van der Waals surface area contributed by atoms with Crippen LogP contribution >= 0.6 is 11.6 Å². The third-order valence-electron chi connectivity index (χ3n) is 1.33. The average molecular weight is 171 g/mol. The number of hydrazine groups is 1. The molecule has 0 unspecified atom stereocenters. The molecule has 0 aliphatic carbocycles. The van der Waals surface area contributed by atoms with Gasteiger partial charge in [0.2, 0.25) is 0 Å². The Morgan fingerprint density at radius 1 is 1.55 bits per heavy atom. The molecule has 0 saturated heterocycles. The van der Waals surface area contributed by atoms with Crippen molar-refractivity contribution in [1.82, 2.24) is 0 Å². The van der Waals surface area contributed by atoms with Crippen molar-refractivity contribution in [3.05, 3.63) is 28.8 Å². The number of benzene rings is 1. The number of rotatable bonds is 2. The van der Waals surface area contributed by atoms with Gasteiger partial charge >= 0.3 is 0 Å². The van der Waals surface area contributed by atoms with E-state index in [4.69, 9.17) is 17.4 Å². The molecular formula is C7H7ClN2O. The lowest BCUT2D eigenvalue weighted by atomic mass is 10.2. The third-order valence-corrected chi connectivity index (χ3v) is 1.66. The molecule has 0 heterocycles. The first kappa shape index (κ1) is 8.04. The monoisotopic (exact) mass is 170 g/mol. The van der Waals surface area contributed by atoms with Crippen molar-refractivity contribution in [1.29, 1.82) is 0 Å².